The van der Waals surface area contributed by atoms with Crippen LogP contribution in [0.1, 0.15) is 36.0 Å². The number of nitrogens with zero attached hydrogens (tertiary/aromatic N) is 1. The summed E-state index contributed by atoms with van der Waals surface area (Å²) in [6.07, 6.45) is 6.46. The Morgan fingerprint density at radius 1 is 1.25 bits per heavy atom. The monoisotopic (exact) mass is 346 g/mol. The third-order valence-corrected chi connectivity index (χ3v) is 4.94. The van der Waals surface area contributed by atoms with E-state index < -0.39 is 11.9 Å². The van der Waals surface area contributed by atoms with Crippen molar-refractivity contribution in [3.8, 4) is 16.3 Å². The first-order chi connectivity index (χ1) is 11.5. The van der Waals surface area contributed by atoms with Crippen LogP contribution in [0.5, 0.6) is 5.88 Å². The van der Waals surface area contributed by atoms with Gasteiger partial charge in [-0.25, -0.2) is 9.78 Å². The number of primary amides is 2. The van der Waals surface area contributed by atoms with E-state index in [2.05, 4.69) is 10.3 Å². The van der Waals surface area contributed by atoms with E-state index in [0.29, 0.717) is 10.9 Å². The van der Waals surface area contributed by atoms with Crippen LogP contribution in [0.15, 0.2) is 24.4 Å². The van der Waals surface area contributed by atoms with Crippen molar-refractivity contribution in [2.24, 2.45) is 11.5 Å². The van der Waals surface area contributed by atoms with Crippen LogP contribution >= 0.6 is 11.3 Å². The number of carbonyl (C=O) groups excluding carboxylic acids is 2. The maximum Gasteiger partial charge on any atom is 0.317 e. The molecule has 0 aliphatic heterocycles. The second-order valence-corrected chi connectivity index (χ2v) is 6.67. The molecule has 0 saturated heterocycles. The van der Waals surface area contributed by atoms with Crippen molar-refractivity contribution in [3.05, 3.63) is 30.0 Å². The molecule has 0 unspecified atom stereocenters. The lowest BCUT2D eigenvalue weighted by Crippen LogP contribution is -2.21. The van der Waals surface area contributed by atoms with Crippen LogP contribution in [0.4, 0.5) is 9.80 Å². The van der Waals surface area contributed by atoms with Gasteiger partial charge >= 0.3 is 6.03 Å². The predicted molar refractivity (Wildman–Crippen MR) is 92.2 cm³/mol. The minimum absolute atomic E-state index is 0.222. The lowest BCUT2D eigenvalue weighted by molar-refractivity contribution is 0.100. The Balaban J connectivity index is 1.80. The fourth-order valence-electron chi connectivity index (χ4n) is 2.69. The van der Waals surface area contributed by atoms with Crippen LogP contribution in [-0.2, 0) is 0 Å². The number of ether oxygens (including phenoxy) is 1. The third kappa shape index (κ3) is 3.65. The highest BCUT2D eigenvalue weighted by Gasteiger charge is 2.18. The lowest BCUT2D eigenvalue weighted by atomic mass is 10.2. The molecule has 24 heavy (non-hydrogen) atoms. The summed E-state index contributed by atoms with van der Waals surface area (Å²) >= 11 is 1.21. The number of nitrogens with one attached hydrogen (secondary N) is 1. The molecule has 0 atom stereocenters. The molecule has 2 heterocycles. The zero-order valence-electron chi connectivity index (χ0n) is 13.0. The third-order valence-electron chi connectivity index (χ3n) is 3.84. The Morgan fingerprint density at radius 3 is 2.58 bits per heavy atom. The second kappa shape index (κ2) is 6.88. The van der Waals surface area contributed by atoms with Gasteiger partial charge in [0.05, 0.1) is 5.56 Å². The van der Waals surface area contributed by atoms with Gasteiger partial charge in [-0.15, -0.1) is 11.3 Å². The highest BCUT2D eigenvalue weighted by molar-refractivity contribution is 7.20. The second-order valence-electron chi connectivity index (χ2n) is 5.62. The number of hydrogen-bond acceptors (Lipinski definition) is 5. The van der Waals surface area contributed by atoms with E-state index in [9.17, 15) is 9.59 Å². The number of amides is 3. The minimum atomic E-state index is -0.746. The topological polar surface area (TPSA) is 120 Å². The molecule has 1 fully saturated rings. The Hall–Kier alpha value is -2.61. The van der Waals surface area contributed by atoms with E-state index in [-0.39, 0.29) is 11.7 Å². The van der Waals surface area contributed by atoms with Crippen molar-refractivity contribution in [2.75, 3.05) is 5.32 Å². The van der Waals surface area contributed by atoms with Gasteiger partial charge in [0.2, 0.25) is 5.88 Å². The van der Waals surface area contributed by atoms with E-state index in [1.54, 1.807) is 18.3 Å². The molecule has 2 aromatic rings. The fraction of sp³-hybridized carbons (Fsp3) is 0.312. The minimum Gasteiger partial charge on any atom is -0.474 e. The van der Waals surface area contributed by atoms with Gasteiger partial charge in [-0.1, -0.05) is 0 Å². The van der Waals surface area contributed by atoms with Crippen molar-refractivity contribution in [1.29, 1.82) is 0 Å². The quantitative estimate of drug-likeness (QED) is 0.770. The first-order valence-corrected chi connectivity index (χ1v) is 8.48. The predicted octanol–water partition coefficient (Wildman–Crippen LogP) is 2.72. The highest BCUT2D eigenvalue weighted by Crippen LogP contribution is 2.35. The molecular formula is C16H18N4O3S. The zero-order valence-corrected chi connectivity index (χ0v) is 13.8. The van der Waals surface area contributed by atoms with Crippen LogP contribution in [0.2, 0.25) is 0 Å². The van der Waals surface area contributed by atoms with Gasteiger partial charge in [-0.2, -0.15) is 0 Å². The van der Waals surface area contributed by atoms with Crippen molar-refractivity contribution in [3.63, 3.8) is 0 Å². The number of urea groups is 1. The number of anilines is 1. The van der Waals surface area contributed by atoms with Crippen LogP contribution in [0, 0.1) is 0 Å². The van der Waals surface area contributed by atoms with Crippen LogP contribution in [0.25, 0.3) is 10.4 Å². The summed E-state index contributed by atoms with van der Waals surface area (Å²) in [6.45, 7) is 0. The van der Waals surface area contributed by atoms with Gasteiger partial charge in [-0.05, 0) is 37.8 Å². The Kier molecular flexibility index (Phi) is 4.66. The normalized spacial score (nSPS) is 14.5. The largest absolute Gasteiger partial charge is 0.474 e. The molecule has 3 rings (SSSR count). The molecular weight excluding hydrogens is 328 g/mol. The average Bonchev–Trinajstić information content (AvgIpc) is 3.17. The first-order valence-electron chi connectivity index (χ1n) is 7.66. The molecule has 5 N–H and O–H groups in total. The maximum atomic E-state index is 11.5. The number of nitrogens with two attached hydrogens (primary N) is 2. The zero-order chi connectivity index (χ0) is 17.1. The van der Waals surface area contributed by atoms with Gasteiger partial charge in [0.15, 0.2) is 0 Å². The molecule has 8 heteroatoms. The van der Waals surface area contributed by atoms with Crippen molar-refractivity contribution >= 4 is 28.3 Å². The summed E-state index contributed by atoms with van der Waals surface area (Å²) in [5.74, 6) is -0.0387. The smallest absolute Gasteiger partial charge is 0.317 e. The molecule has 0 radical (unpaired) electrons. The molecule has 7 nitrogen and oxygen atoms in total. The molecule has 0 bridgehead atoms. The van der Waals surface area contributed by atoms with Gasteiger partial charge in [0.1, 0.15) is 11.1 Å². The van der Waals surface area contributed by atoms with Crippen LogP contribution < -0.4 is 21.5 Å². The van der Waals surface area contributed by atoms with Crippen LogP contribution in [0.3, 0.4) is 0 Å². The van der Waals surface area contributed by atoms with Gasteiger partial charge in [0.25, 0.3) is 5.91 Å². The van der Waals surface area contributed by atoms with Gasteiger partial charge in [-0.3, -0.25) is 10.1 Å². The molecule has 3 amide bonds. The highest BCUT2D eigenvalue weighted by atomic mass is 32.1. The van der Waals surface area contributed by atoms with Crippen LogP contribution in [-0.4, -0.2) is 23.0 Å². The fourth-order valence-corrected chi connectivity index (χ4v) is 3.75. The number of carbonyl (C=O) groups is 2. The van der Waals surface area contributed by atoms with E-state index in [1.807, 2.05) is 6.07 Å². The number of hydrogen-bond donors (Lipinski definition) is 3. The SMILES string of the molecule is NC(=O)Nc1sc(-c2ccc(OC3CCCC3)nc2)cc1C(N)=O. The number of pyridine rings is 1. The number of aromatic nitrogens is 1. The summed E-state index contributed by atoms with van der Waals surface area (Å²) in [6, 6.07) is 4.54. The van der Waals surface area contributed by atoms with Gasteiger partial charge in [0, 0.05) is 22.7 Å². The van der Waals surface area contributed by atoms with E-state index >= 15 is 0 Å². The summed E-state index contributed by atoms with van der Waals surface area (Å²) in [5, 5.41) is 2.75. The summed E-state index contributed by atoms with van der Waals surface area (Å²) in [5.41, 5.74) is 11.5. The molecule has 126 valence electrons. The summed E-state index contributed by atoms with van der Waals surface area (Å²) in [7, 11) is 0. The maximum absolute atomic E-state index is 11.5. The Morgan fingerprint density at radius 2 is 2.00 bits per heavy atom. The lowest BCUT2D eigenvalue weighted by Gasteiger charge is -2.11. The number of rotatable bonds is 5. The van der Waals surface area contributed by atoms with Crippen molar-refractivity contribution in [2.45, 2.75) is 31.8 Å². The molecule has 2 aromatic heterocycles. The molecule has 0 spiro atoms. The van der Waals surface area contributed by atoms with E-state index in [1.165, 1.54) is 24.2 Å². The molecule has 1 aliphatic rings. The van der Waals surface area contributed by atoms with Crippen molar-refractivity contribution in [1.82, 2.24) is 4.98 Å². The van der Waals surface area contributed by atoms with E-state index in [0.717, 1.165) is 23.3 Å². The van der Waals surface area contributed by atoms with Gasteiger partial charge < -0.3 is 16.2 Å². The Labute approximate surface area is 143 Å². The summed E-state index contributed by atoms with van der Waals surface area (Å²) < 4.78 is 5.83. The first kappa shape index (κ1) is 16.3. The summed E-state index contributed by atoms with van der Waals surface area (Å²) in [4.78, 5) is 27.6. The van der Waals surface area contributed by atoms with E-state index in [4.69, 9.17) is 16.2 Å². The molecule has 1 aliphatic carbocycles. The van der Waals surface area contributed by atoms with Crippen molar-refractivity contribution < 1.29 is 14.3 Å². The standard InChI is InChI=1S/C16H18N4O3S/c17-14(21)11-7-12(24-15(11)20-16(18)22)9-5-6-13(19-8-9)23-10-3-1-2-4-10/h5-8,10H,1-4H2,(H2,17,21)(H3,18,20,22). The molecule has 0 aromatic carbocycles. The average molecular weight is 346 g/mol. The Bertz CT molecular complexity index is 751. The molecule has 1 saturated carbocycles. The number of thiophene rings is 1.